The van der Waals surface area contributed by atoms with Crippen molar-refractivity contribution >= 4 is 22.8 Å². The van der Waals surface area contributed by atoms with E-state index in [-0.39, 0.29) is 11.8 Å². The quantitative estimate of drug-likeness (QED) is 0.917. The maximum atomic E-state index is 11.7. The smallest absolute Gasteiger partial charge is 0.204 e. The van der Waals surface area contributed by atoms with Crippen LogP contribution in [0.1, 0.15) is 37.9 Å². The van der Waals surface area contributed by atoms with Gasteiger partial charge in [-0.15, -0.1) is 0 Å². The highest BCUT2D eigenvalue weighted by Crippen LogP contribution is 2.27. The molecule has 2 aromatic rings. The molecule has 0 bridgehead atoms. The van der Waals surface area contributed by atoms with E-state index < -0.39 is 0 Å². The van der Waals surface area contributed by atoms with Crippen LogP contribution < -0.4 is 5.32 Å². The average molecular weight is 259 g/mol. The lowest BCUT2D eigenvalue weighted by Gasteiger charge is -2.15. The molecule has 0 aliphatic carbocycles. The van der Waals surface area contributed by atoms with Gasteiger partial charge < -0.3 is 9.88 Å². The summed E-state index contributed by atoms with van der Waals surface area (Å²) in [6.45, 7) is 10.5. The number of fused-ring (bicyclic) bond motifs is 1. The van der Waals surface area contributed by atoms with Crippen LogP contribution in [0.25, 0.3) is 11.0 Å². The summed E-state index contributed by atoms with van der Waals surface area (Å²) < 4.78 is 1.99. The molecule has 2 rings (SSSR count). The van der Waals surface area contributed by atoms with Crippen LogP contribution in [0.3, 0.4) is 0 Å². The summed E-state index contributed by atoms with van der Waals surface area (Å²) in [5.74, 6) is 0.905. The number of aryl methyl sites for hydroxylation is 2. The highest BCUT2D eigenvalue weighted by Gasteiger charge is 2.19. The molecule has 1 aromatic carbocycles. The molecule has 102 valence electrons. The fourth-order valence-electron chi connectivity index (χ4n) is 2.21. The molecule has 1 heterocycles. The van der Waals surface area contributed by atoms with Crippen LogP contribution >= 0.6 is 0 Å². The van der Waals surface area contributed by atoms with E-state index >= 15 is 0 Å². The molecule has 0 spiro atoms. The Kier molecular flexibility index (Phi) is 3.60. The number of nitrogens with one attached hydrogen (secondary N) is 1. The number of aromatic nitrogens is 2. The minimum Gasteiger partial charge on any atom is -0.356 e. The molecule has 1 aromatic heterocycles. The first-order valence-electron chi connectivity index (χ1n) is 6.69. The lowest BCUT2D eigenvalue weighted by molar-refractivity contribution is -0.119. The van der Waals surface area contributed by atoms with Gasteiger partial charge >= 0.3 is 0 Å². The summed E-state index contributed by atoms with van der Waals surface area (Å²) in [6, 6.07) is 3.98. The van der Waals surface area contributed by atoms with E-state index in [1.165, 1.54) is 11.1 Å². The first-order chi connectivity index (χ1) is 8.95. The van der Waals surface area contributed by atoms with Gasteiger partial charge in [0.25, 0.3) is 0 Å². The SMILES string of the molecule is CCNc1nc2cc(C)c(C)cc2n1C(C)C(C)=O. The highest BCUT2D eigenvalue weighted by molar-refractivity contribution is 5.86. The number of carbonyl (C=O) groups is 1. The van der Waals surface area contributed by atoms with E-state index in [0.29, 0.717) is 0 Å². The van der Waals surface area contributed by atoms with Crippen molar-refractivity contribution in [3.05, 3.63) is 23.3 Å². The van der Waals surface area contributed by atoms with Crippen molar-refractivity contribution in [2.75, 3.05) is 11.9 Å². The number of benzene rings is 1. The normalized spacial score (nSPS) is 12.7. The zero-order valence-corrected chi connectivity index (χ0v) is 12.2. The summed E-state index contributed by atoms with van der Waals surface area (Å²) in [5.41, 5.74) is 4.39. The van der Waals surface area contributed by atoms with Gasteiger partial charge in [0, 0.05) is 6.54 Å². The van der Waals surface area contributed by atoms with Crippen molar-refractivity contribution < 1.29 is 4.79 Å². The summed E-state index contributed by atoms with van der Waals surface area (Å²) in [7, 11) is 0. The third kappa shape index (κ3) is 2.35. The van der Waals surface area contributed by atoms with Crippen LogP contribution in [0.15, 0.2) is 12.1 Å². The van der Waals surface area contributed by atoms with Gasteiger partial charge in [0.1, 0.15) is 0 Å². The van der Waals surface area contributed by atoms with Crippen LogP contribution in [-0.4, -0.2) is 21.9 Å². The molecule has 19 heavy (non-hydrogen) atoms. The van der Waals surface area contributed by atoms with Gasteiger partial charge in [-0.3, -0.25) is 4.79 Å². The third-order valence-corrected chi connectivity index (χ3v) is 3.62. The predicted molar refractivity (Wildman–Crippen MR) is 78.8 cm³/mol. The fourth-order valence-corrected chi connectivity index (χ4v) is 2.21. The molecule has 4 heteroatoms. The van der Waals surface area contributed by atoms with Gasteiger partial charge in [0.2, 0.25) is 5.95 Å². The van der Waals surface area contributed by atoms with E-state index in [2.05, 4.69) is 36.3 Å². The number of rotatable bonds is 4. The number of ketones is 1. The highest BCUT2D eigenvalue weighted by atomic mass is 16.1. The second-order valence-electron chi connectivity index (χ2n) is 5.05. The van der Waals surface area contributed by atoms with Crippen LogP contribution in [0.5, 0.6) is 0 Å². The van der Waals surface area contributed by atoms with Gasteiger partial charge in [0.15, 0.2) is 5.78 Å². The Morgan fingerprint density at radius 2 is 2.00 bits per heavy atom. The molecular formula is C15H21N3O. The molecule has 0 aliphatic heterocycles. The van der Waals surface area contributed by atoms with Gasteiger partial charge in [-0.2, -0.15) is 0 Å². The topological polar surface area (TPSA) is 46.9 Å². The van der Waals surface area contributed by atoms with Crippen molar-refractivity contribution in [3.8, 4) is 0 Å². The Hall–Kier alpha value is -1.84. The lowest BCUT2D eigenvalue weighted by atomic mass is 10.1. The minimum atomic E-state index is -0.207. The molecule has 4 nitrogen and oxygen atoms in total. The number of anilines is 1. The number of imidazole rings is 1. The van der Waals surface area contributed by atoms with Gasteiger partial charge in [-0.1, -0.05) is 0 Å². The van der Waals surface area contributed by atoms with Crippen molar-refractivity contribution in [1.29, 1.82) is 0 Å². The number of carbonyl (C=O) groups excluding carboxylic acids is 1. The number of nitrogens with zero attached hydrogens (tertiary/aromatic N) is 2. The molecule has 1 atom stereocenters. The first kappa shape index (κ1) is 13.6. The summed E-state index contributed by atoms with van der Waals surface area (Å²) in [5, 5.41) is 3.24. The molecule has 0 saturated heterocycles. The molecular weight excluding hydrogens is 238 g/mol. The first-order valence-corrected chi connectivity index (χ1v) is 6.69. The van der Waals surface area contributed by atoms with Crippen molar-refractivity contribution in [3.63, 3.8) is 0 Å². The van der Waals surface area contributed by atoms with E-state index in [9.17, 15) is 4.79 Å². The summed E-state index contributed by atoms with van der Waals surface area (Å²) in [6.07, 6.45) is 0. The fraction of sp³-hybridized carbons (Fsp3) is 0.467. The predicted octanol–water partition coefficient (Wildman–Crippen LogP) is 3.23. The maximum Gasteiger partial charge on any atom is 0.204 e. The molecule has 1 unspecified atom stereocenters. The largest absolute Gasteiger partial charge is 0.356 e. The Balaban J connectivity index is 2.72. The second-order valence-corrected chi connectivity index (χ2v) is 5.05. The van der Waals surface area contributed by atoms with Crippen LogP contribution in [0, 0.1) is 13.8 Å². The Labute approximate surface area is 113 Å². The Morgan fingerprint density at radius 1 is 1.37 bits per heavy atom. The molecule has 1 N–H and O–H groups in total. The van der Waals surface area contributed by atoms with Gasteiger partial charge in [-0.05, 0) is 57.9 Å². The number of hydrogen-bond donors (Lipinski definition) is 1. The second kappa shape index (κ2) is 5.03. The molecule has 0 aliphatic rings. The molecule has 0 radical (unpaired) electrons. The van der Waals surface area contributed by atoms with Gasteiger partial charge in [0.05, 0.1) is 17.1 Å². The summed E-state index contributed by atoms with van der Waals surface area (Å²) in [4.78, 5) is 16.3. The molecule has 0 amide bonds. The van der Waals surface area contributed by atoms with Crippen LogP contribution in [0.2, 0.25) is 0 Å². The van der Waals surface area contributed by atoms with Crippen molar-refractivity contribution in [2.45, 2.75) is 40.7 Å². The monoisotopic (exact) mass is 259 g/mol. The van der Waals surface area contributed by atoms with Crippen LogP contribution in [0.4, 0.5) is 5.95 Å². The van der Waals surface area contributed by atoms with Crippen molar-refractivity contribution in [1.82, 2.24) is 9.55 Å². The maximum absolute atomic E-state index is 11.7. The molecule has 0 saturated carbocycles. The number of Topliss-reactive ketones (excluding diaryl/α,β-unsaturated/α-hetero) is 1. The standard InChI is InChI=1S/C15H21N3O/c1-6-16-15-17-13-7-9(2)10(3)8-14(13)18(15)11(4)12(5)19/h7-8,11H,6H2,1-5H3,(H,16,17). The Bertz CT molecular complexity index is 628. The minimum absolute atomic E-state index is 0.136. The summed E-state index contributed by atoms with van der Waals surface area (Å²) >= 11 is 0. The van der Waals surface area contributed by atoms with E-state index in [0.717, 1.165) is 23.5 Å². The van der Waals surface area contributed by atoms with E-state index in [1.807, 2.05) is 18.4 Å². The Morgan fingerprint density at radius 3 is 2.58 bits per heavy atom. The van der Waals surface area contributed by atoms with Crippen LogP contribution in [-0.2, 0) is 4.79 Å². The zero-order chi connectivity index (χ0) is 14.2. The van der Waals surface area contributed by atoms with E-state index in [1.54, 1.807) is 6.92 Å². The van der Waals surface area contributed by atoms with Crippen molar-refractivity contribution in [2.24, 2.45) is 0 Å². The average Bonchev–Trinajstić information content (AvgIpc) is 2.66. The number of hydrogen-bond acceptors (Lipinski definition) is 3. The zero-order valence-electron chi connectivity index (χ0n) is 12.2. The van der Waals surface area contributed by atoms with Gasteiger partial charge in [-0.25, -0.2) is 4.98 Å². The third-order valence-electron chi connectivity index (χ3n) is 3.62. The van der Waals surface area contributed by atoms with E-state index in [4.69, 9.17) is 0 Å². The molecule has 0 fully saturated rings. The lowest BCUT2D eigenvalue weighted by Crippen LogP contribution is -2.16.